The van der Waals surface area contributed by atoms with Gasteiger partial charge in [-0.15, -0.1) is 0 Å². The molecule has 3 saturated heterocycles. The maximum atomic E-state index is 13.8. The van der Waals surface area contributed by atoms with Gasteiger partial charge in [0, 0.05) is 38.2 Å². The Morgan fingerprint density at radius 1 is 1.12 bits per heavy atom. The van der Waals surface area contributed by atoms with Crippen LogP contribution in [0.4, 0.5) is 0 Å². The monoisotopic (exact) mass is 506 g/mol. The largest absolute Gasteiger partial charge is 0.379 e. The Morgan fingerprint density at radius 3 is 2.68 bits per heavy atom. The number of nitrogens with zero attached hydrogens (tertiary/aromatic N) is 4. The number of likely N-dealkylation sites (tertiary alicyclic amines) is 1. The third kappa shape index (κ3) is 4.73. The molecular formula is C25H32Cl2N4O3. The van der Waals surface area contributed by atoms with Crippen LogP contribution in [0.15, 0.2) is 35.1 Å². The zero-order valence-corrected chi connectivity index (χ0v) is 21.1. The smallest absolute Gasteiger partial charge is 0.227 e. The molecule has 1 amide bonds. The van der Waals surface area contributed by atoms with Crippen molar-refractivity contribution in [3.63, 3.8) is 0 Å². The van der Waals surface area contributed by atoms with E-state index < -0.39 is 0 Å². The van der Waals surface area contributed by atoms with E-state index in [9.17, 15) is 4.79 Å². The Balaban J connectivity index is 1.42. The predicted octanol–water partition coefficient (Wildman–Crippen LogP) is 3.74. The summed E-state index contributed by atoms with van der Waals surface area (Å²) in [5, 5.41) is 5.11. The van der Waals surface area contributed by atoms with Gasteiger partial charge in [0.05, 0.1) is 47.0 Å². The van der Waals surface area contributed by atoms with Gasteiger partial charge in [-0.05, 0) is 50.6 Å². The molecule has 3 fully saturated rings. The second-order valence-electron chi connectivity index (χ2n) is 9.92. The van der Waals surface area contributed by atoms with Crippen molar-refractivity contribution < 1.29 is 14.1 Å². The van der Waals surface area contributed by atoms with E-state index >= 15 is 0 Å². The second-order valence-corrected chi connectivity index (χ2v) is 10.7. The molecule has 0 spiro atoms. The van der Waals surface area contributed by atoms with E-state index in [2.05, 4.69) is 26.8 Å². The number of carbonyl (C=O) groups excluding carboxylic acids is 1. The molecule has 3 aliphatic heterocycles. The van der Waals surface area contributed by atoms with Crippen LogP contribution in [-0.2, 0) is 22.5 Å². The summed E-state index contributed by atoms with van der Waals surface area (Å²) in [4.78, 5) is 20.8. The minimum atomic E-state index is -0.351. The number of fused-ring (bicyclic) bond motifs is 1. The summed E-state index contributed by atoms with van der Waals surface area (Å²) in [7, 11) is 0. The minimum absolute atomic E-state index is 0.0806. The molecule has 1 aromatic carbocycles. The summed E-state index contributed by atoms with van der Waals surface area (Å²) in [6.45, 7) is 8.84. The quantitative estimate of drug-likeness (QED) is 0.594. The highest BCUT2D eigenvalue weighted by atomic mass is 35.5. The Bertz CT molecular complexity index is 998. The average molecular weight is 507 g/mol. The van der Waals surface area contributed by atoms with Crippen molar-refractivity contribution >= 4 is 29.1 Å². The van der Waals surface area contributed by atoms with Crippen LogP contribution in [0.2, 0.25) is 10.0 Å². The molecule has 0 N–H and O–H groups in total. The number of amides is 1. The van der Waals surface area contributed by atoms with Gasteiger partial charge in [0.15, 0.2) is 0 Å². The van der Waals surface area contributed by atoms with Gasteiger partial charge in [0.1, 0.15) is 6.26 Å². The number of hydrogen-bond donors (Lipinski definition) is 0. The van der Waals surface area contributed by atoms with Crippen LogP contribution >= 0.6 is 23.2 Å². The molecule has 2 aromatic rings. The summed E-state index contributed by atoms with van der Waals surface area (Å²) in [5.74, 6) is 0.350. The van der Waals surface area contributed by atoms with Gasteiger partial charge in [-0.1, -0.05) is 34.4 Å². The highest BCUT2D eigenvalue weighted by Gasteiger charge is 2.55. The molecule has 0 aliphatic carbocycles. The number of rotatable bonds is 6. The fourth-order valence-electron chi connectivity index (χ4n) is 5.98. The van der Waals surface area contributed by atoms with Crippen molar-refractivity contribution in [3.05, 3.63) is 51.8 Å². The van der Waals surface area contributed by atoms with E-state index in [4.69, 9.17) is 32.5 Å². The van der Waals surface area contributed by atoms with Crippen molar-refractivity contribution in [1.29, 1.82) is 0 Å². The molecule has 7 nitrogen and oxygen atoms in total. The first-order valence-electron chi connectivity index (χ1n) is 12.1. The zero-order valence-electron chi connectivity index (χ0n) is 19.6. The van der Waals surface area contributed by atoms with Crippen LogP contribution in [0.1, 0.15) is 31.0 Å². The molecule has 0 radical (unpaired) electrons. The van der Waals surface area contributed by atoms with Crippen LogP contribution < -0.4 is 0 Å². The van der Waals surface area contributed by atoms with Crippen LogP contribution in [0, 0.1) is 5.92 Å². The number of benzene rings is 1. The maximum Gasteiger partial charge on any atom is 0.227 e. The van der Waals surface area contributed by atoms with Crippen LogP contribution in [0.25, 0.3) is 0 Å². The van der Waals surface area contributed by atoms with Gasteiger partial charge < -0.3 is 19.1 Å². The second kappa shape index (κ2) is 10.2. The molecule has 5 rings (SSSR count). The fourth-order valence-corrected chi connectivity index (χ4v) is 6.30. The summed E-state index contributed by atoms with van der Waals surface area (Å²) in [5.41, 5.74) is 1.43. The molecule has 3 aliphatic rings. The number of halogens is 2. The number of ether oxygens (including phenoxy) is 1. The van der Waals surface area contributed by atoms with Crippen molar-refractivity contribution in [2.24, 2.45) is 5.92 Å². The van der Waals surface area contributed by atoms with Gasteiger partial charge in [-0.25, -0.2) is 0 Å². The molecule has 1 aromatic heterocycles. The molecule has 34 heavy (non-hydrogen) atoms. The van der Waals surface area contributed by atoms with Crippen LogP contribution in [0.5, 0.6) is 0 Å². The van der Waals surface area contributed by atoms with Gasteiger partial charge in [0.25, 0.3) is 0 Å². The summed E-state index contributed by atoms with van der Waals surface area (Å²) >= 11 is 12.3. The summed E-state index contributed by atoms with van der Waals surface area (Å²) in [6, 6.07) is 7.44. The predicted molar refractivity (Wildman–Crippen MR) is 131 cm³/mol. The topological polar surface area (TPSA) is 62.1 Å². The van der Waals surface area contributed by atoms with E-state index in [0.29, 0.717) is 42.8 Å². The first-order valence-corrected chi connectivity index (χ1v) is 12.9. The van der Waals surface area contributed by atoms with Crippen LogP contribution in [0.3, 0.4) is 0 Å². The third-order valence-corrected chi connectivity index (χ3v) is 8.64. The normalized spacial score (nSPS) is 28.3. The number of piperazine rings is 1. The van der Waals surface area contributed by atoms with Crippen molar-refractivity contribution in [3.8, 4) is 0 Å². The molecule has 3 unspecified atom stereocenters. The van der Waals surface area contributed by atoms with Crippen molar-refractivity contribution in [2.45, 2.75) is 44.3 Å². The lowest BCUT2D eigenvalue weighted by atomic mass is 9.73. The van der Waals surface area contributed by atoms with Gasteiger partial charge in [0.2, 0.25) is 5.91 Å². The Labute approximate surface area is 210 Å². The number of carbonyl (C=O) groups is 1. The Hall–Kier alpha value is -1.64. The lowest BCUT2D eigenvalue weighted by Crippen LogP contribution is -2.75. The first kappa shape index (κ1) is 24.1. The lowest BCUT2D eigenvalue weighted by molar-refractivity contribution is -0.176. The lowest BCUT2D eigenvalue weighted by Gasteiger charge is -2.60. The van der Waals surface area contributed by atoms with Gasteiger partial charge in [-0.2, -0.15) is 0 Å². The van der Waals surface area contributed by atoms with E-state index in [1.165, 1.54) is 12.8 Å². The average Bonchev–Trinajstić information content (AvgIpc) is 3.51. The Kier molecular flexibility index (Phi) is 7.19. The minimum Gasteiger partial charge on any atom is -0.379 e. The summed E-state index contributed by atoms with van der Waals surface area (Å²) in [6.07, 6.45) is 4.40. The van der Waals surface area contributed by atoms with Gasteiger partial charge >= 0.3 is 0 Å². The molecule has 3 atom stereocenters. The zero-order chi connectivity index (χ0) is 23.7. The highest BCUT2D eigenvalue weighted by molar-refractivity contribution is 6.42. The van der Waals surface area contributed by atoms with E-state index in [0.717, 1.165) is 37.4 Å². The SMILES string of the molecule is CC12C(CN3CCCC3)COCC1N(Cc1ccon1)CCN2C(=O)Cc1ccc(Cl)c(Cl)c1. The standard InChI is InChI=1S/C25H32Cl2N4O3/c1-25-19(14-29-7-2-3-8-29)16-33-17-23(25)30(15-20-6-11-34-28-20)9-10-31(25)24(32)13-18-4-5-21(26)22(27)12-18/h4-6,11-12,19,23H,2-3,7-10,13-17H2,1H3. The molecule has 9 heteroatoms. The number of aromatic nitrogens is 1. The molecular weight excluding hydrogens is 475 g/mol. The van der Waals surface area contributed by atoms with Crippen molar-refractivity contribution in [2.75, 3.05) is 45.9 Å². The first-order chi connectivity index (χ1) is 16.4. The van der Waals surface area contributed by atoms with Crippen LogP contribution in [-0.4, -0.2) is 83.3 Å². The molecule has 0 bridgehead atoms. The third-order valence-electron chi connectivity index (χ3n) is 7.90. The van der Waals surface area contributed by atoms with Crippen molar-refractivity contribution in [1.82, 2.24) is 19.9 Å². The van der Waals surface area contributed by atoms with E-state index in [-0.39, 0.29) is 23.4 Å². The van der Waals surface area contributed by atoms with Gasteiger partial charge in [-0.3, -0.25) is 9.69 Å². The van der Waals surface area contributed by atoms with E-state index in [1.807, 2.05) is 12.1 Å². The summed E-state index contributed by atoms with van der Waals surface area (Å²) < 4.78 is 11.2. The fraction of sp³-hybridized carbons (Fsp3) is 0.600. The van der Waals surface area contributed by atoms with E-state index in [1.54, 1.807) is 18.4 Å². The maximum absolute atomic E-state index is 13.8. The Morgan fingerprint density at radius 2 is 1.94 bits per heavy atom. The highest BCUT2D eigenvalue weighted by Crippen LogP contribution is 2.40. The molecule has 4 heterocycles. The number of hydrogen-bond acceptors (Lipinski definition) is 6. The molecule has 184 valence electrons. The molecule has 0 saturated carbocycles.